The van der Waals surface area contributed by atoms with Crippen LogP contribution in [0.2, 0.25) is 0 Å². The van der Waals surface area contributed by atoms with Crippen molar-refractivity contribution in [3.8, 4) is 0 Å². The van der Waals surface area contributed by atoms with Gasteiger partial charge in [-0.25, -0.2) is 0 Å². The highest BCUT2D eigenvalue weighted by Gasteiger charge is 2.48. The Labute approximate surface area is 105 Å². The molecule has 4 nitrogen and oxygen atoms in total. The fraction of sp³-hybridized carbons (Fsp3) is 0.583. The smallest absolute Gasteiger partial charge is 0.238 e. The van der Waals surface area contributed by atoms with Crippen molar-refractivity contribution in [1.29, 1.82) is 0 Å². The second kappa shape index (κ2) is 4.74. The minimum Gasteiger partial charge on any atom is -0.468 e. The van der Waals surface area contributed by atoms with Crippen LogP contribution in [0.15, 0.2) is 21.6 Å². The Morgan fingerprint density at radius 2 is 2.41 bits per heavy atom. The summed E-state index contributed by atoms with van der Waals surface area (Å²) in [6.45, 7) is 1.92. The predicted octanol–water partition coefficient (Wildman–Crippen LogP) is 1.53. The van der Waals surface area contributed by atoms with Crippen LogP contribution < -0.4 is 11.1 Å². The lowest BCUT2D eigenvalue weighted by atomic mass is 9.95. The van der Waals surface area contributed by atoms with Crippen LogP contribution in [0.3, 0.4) is 0 Å². The first-order valence-corrected chi connectivity index (χ1v) is 6.74. The van der Waals surface area contributed by atoms with Gasteiger partial charge in [-0.1, -0.05) is 0 Å². The highest BCUT2D eigenvalue weighted by Crippen LogP contribution is 2.42. The van der Waals surface area contributed by atoms with Gasteiger partial charge in [0.15, 0.2) is 0 Å². The first-order valence-electron chi connectivity index (χ1n) is 5.76. The van der Waals surface area contributed by atoms with Crippen LogP contribution in [0.25, 0.3) is 0 Å². The Hall–Kier alpha value is -0.940. The second-order valence-corrected chi connectivity index (χ2v) is 5.51. The number of carbonyl (C=O) groups excluding carboxylic acids is 1. The number of primary amides is 1. The van der Waals surface area contributed by atoms with E-state index in [1.165, 1.54) is 0 Å². The third kappa shape index (κ3) is 2.35. The summed E-state index contributed by atoms with van der Waals surface area (Å²) >= 11 is 1.62. The van der Waals surface area contributed by atoms with Crippen molar-refractivity contribution in [2.45, 2.75) is 30.2 Å². The number of carbonyl (C=O) groups is 1. The molecule has 2 rings (SSSR count). The van der Waals surface area contributed by atoms with E-state index in [-0.39, 0.29) is 5.91 Å². The maximum atomic E-state index is 11.7. The van der Waals surface area contributed by atoms with Crippen LogP contribution in [0, 0.1) is 12.8 Å². The van der Waals surface area contributed by atoms with Crippen molar-refractivity contribution >= 4 is 17.7 Å². The molecule has 0 radical (unpaired) electrons. The molecule has 0 aromatic carbocycles. The first kappa shape index (κ1) is 12.5. The van der Waals surface area contributed by atoms with Gasteiger partial charge in [-0.15, -0.1) is 11.8 Å². The molecular formula is C12H18N2O2S. The van der Waals surface area contributed by atoms with Crippen LogP contribution in [-0.4, -0.2) is 24.2 Å². The van der Waals surface area contributed by atoms with Crippen LogP contribution in [0.1, 0.15) is 18.6 Å². The van der Waals surface area contributed by atoms with Crippen LogP contribution >= 0.6 is 11.8 Å². The zero-order valence-electron chi connectivity index (χ0n) is 10.2. The number of hydrogen-bond acceptors (Lipinski definition) is 4. The number of thioether (sulfide) groups is 1. The van der Waals surface area contributed by atoms with Gasteiger partial charge in [-0.05, 0) is 38.8 Å². The van der Waals surface area contributed by atoms with Crippen molar-refractivity contribution in [2.75, 3.05) is 12.8 Å². The fourth-order valence-corrected chi connectivity index (χ4v) is 3.39. The van der Waals surface area contributed by atoms with Gasteiger partial charge in [0.05, 0.1) is 6.26 Å². The summed E-state index contributed by atoms with van der Waals surface area (Å²) in [6, 6.07) is 1.92. The van der Waals surface area contributed by atoms with E-state index in [1.54, 1.807) is 18.0 Å². The van der Waals surface area contributed by atoms with Crippen LogP contribution in [0.4, 0.5) is 0 Å². The third-order valence-electron chi connectivity index (χ3n) is 3.43. The van der Waals surface area contributed by atoms with E-state index in [1.807, 2.05) is 20.0 Å². The summed E-state index contributed by atoms with van der Waals surface area (Å²) < 4.78 is 5.24. The largest absolute Gasteiger partial charge is 0.468 e. The van der Waals surface area contributed by atoms with Gasteiger partial charge in [0.1, 0.15) is 11.3 Å². The molecule has 1 aliphatic carbocycles. The summed E-state index contributed by atoms with van der Waals surface area (Å²) in [4.78, 5) is 12.8. The van der Waals surface area contributed by atoms with E-state index in [0.717, 1.165) is 23.5 Å². The number of nitrogens with one attached hydrogen (secondary N) is 1. The molecule has 0 saturated heterocycles. The molecule has 1 aromatic heterocycles. The van der Waals surface area contributed by atoms with Gasteiger partial charge in [-0.2, -0.15) is 0 Å². The summed E-state index contributed by atoms with van der Waals surface area (Å²) in [6.07, 6.45) is 3.82. The molecule has 94 valence electrons. The standard InChI is InChI=1S/C12H18N2O2S/c1-8-10(5-6-16-8)17-7-12(14-2,11(13)15)9-3-4-9/h5-6,9,14H,3-4,7H2,1-2H3,(H2,13,15). The molecule has 17 heavy (non-hydrogen) atoms. The molecule has 0 aliphatic heterocycles. The monoisotopic (exact) mass is 254 g/mol. The van der Waals surface area contributed by atoms with Gasteiger partial charge >= 0.3 is 0 Å². The molecule has 3 N–H and O–H groups in total. The van der Waals surface area contributed by atoms with Gasteiger partial charge in [0.25, 0.3) is 0 Å². The van der Waals surface area contributed by atoms with Crippen molar-refractivity contribution < 1.29 is 9.21 Å². The predicted molar refractivity (Wildman–Crippen MR) is 67.9 cm³/mol. The zero-order chi connectivity index (χ0) is 12.5. The van der Waals surface area contributed by atoms with Crippen LogP contribution in [0.5, 0.6) is 0 Å². The number of hydrogen-bond donors (Lipinski definition) is 2. The Bertz CT molecular complexity index is 414. The Morgan fingerprint density at radius 3 is 2.82 bits per heavy atom. The maximum Gasteiger partial charge on any atom is 0.238 e. The minimum absolute atomic E-state index is 0.254. The van der Waals surface area contributed by atoms with Crippen molar-refractivity contribution in [1.82, 2.24) is 5.32 Å². The molecule has 1 saturated carbocycles. The number of furan rings is 1. The van der Waals surface area contributed by atoms with E-state index >= 15 is 0 Å². The second-order valence-electron chi connectivity index (χ2n) is 4.49. The Morgan fingerprint density at radius 1 is 1.71 bits per heavy atom. The molecule has 5 heteroatoms. The van der Waals surface area contributed by atoms with Crippen LogP contribution in [-0.2, 0) is 4.79 Å². The molecule has 0 spiro atoms. The maximum absolute atomic E-state index is 11.7. The molecule has 1 heterocycles. The van der Waals surface area contributed by atoms with Gasteiger partial charge in [0.2, 0.25) is 5.91 Å². The van der Waals surface area contributed by atoms with Crippen molar-refractivity contribution in [3.05, 3.63) is 18.1 Å². The molecule has 1 amide bonds. The normalized spacial score (nSPS) is 18.9. The molecule has 1 aliphatic rings. The lowest BCUT2D eigenvalue weighted by Gasteiger charge is -2.29. The van der Waals surface area contributed by atoms with E-state index in [0.29, 0.717) is 11.7 Å². The number of amides is 1. The van der Waals surface area contributed by atoms with E-state index in [2.05, 4.69) is 5.32 Å². The van der Waals surface area contributed by atoms with Crippen molar-refractivity contribution in [3.63, 3.8) is 0 Å². The van der Waals surface area contributed by atoms with Gasteiger partial charge < -0.3 is 15.5 Å². The molecule has 1 aromatic rings. The zero-order valence-corrected chi connectivity index (χ0v) is 11.0. The minimum atomic E-state index is -0.575. The third-order valence-corrected chi connectivity index (χ3v) is 4.76. The van der Waals surface area contributed by atoms with E-state index in [9.17, 15) is 4.79 Å². The quantitative estimate of drug-likeness (QED) is 0.755. The highest BCUT2D eigenvalue weighted by atomic mass is 32.2. The number of nitrogens with two attached hydrogens (primary N) is 1. The summed E-state index contributed by atoms with van der Waals surface area (Å²) in [5.41, 5.74) is 4.99. The number of likely N-dealkylation sites (N-methyl/N-ethyl adjacent to an activating group) is 1. The molecule has 1 fully saturated rings. The molecule has 1 unspecified atom stereocenters. The Balaban J connectivity index is 2.08. The molecule has 1 atom stereocenters. The summed E-state index contributed by atoms with van der Waals surface area (Å²) in [7, 11) is 1.81. The van der Waals surface area contributed by atoms with E-state index < -0.39 is 5.54 Å². The first-order chi connectivity index (χ1) is 8.10. The average Bonchev–Trinajstić information content (AvgIpc) is 3.05. The highest BCUT2D eigenvalue weighted by molar-refractivity contribution is 7.99. The molecule has 0 bridgehead atoms. The van der Waals surface area contributed by atoms with Gasteiger partial charge in [0, 0.05) is 10.6 Å². The van der Waals surface area contributed by atoms with Crippen molar-refractivity contribution in [2.24, 2.45) is 11.7 Å². The average molecular weight is 254 g/mol. The van der Waals surface area contributed by atoms with E-state index in [4.69, 9.17) is 10.2 Å². The SMILES string of the molecule is CNC(CSc1ccoc1C)(C(N)=O)C1CC1. The lowest BCUT2D eigenvalue weighted by Crippen LogP contribution is -2.57. The number of aryl methyl sites for hydroxylation is 1. The molecular weight excluding hydrogens is 236 g/mol. The Kier molecular flexibility index (Phi) is 3.49. The fourth-order valence-electron chi connectivity index (χ4n) is 2.08. The summed E-state index contributed by atoms with van der Waals surface area (Å²) in [5, 5.41) is 3.13. The summed E-state index contributed by atoms with van der Waals surface area (Å²) in [5.74, 6) is 1.67. The topological polar surface area (TPSA) is 68.3 Å². The number of rotatable bonds is 6. The van der Waals surface area contributed by atoms with Gasteiger partial charge in [-0.3, -0.25) is 4.79 Å². The lowest BCUT2D eigenvalue weighted by molar-refractivity contribution is -0.124.